The fraction of sp³-hybridized carbons (Fsp3) is 0.423. The largest absolute Gasteiger partial charge is 0.341 e. The van der Waals surface area contributed by atoms with Gasteiger partial charge in [-0.05, 0) is 67.8 Å². The van der Waals surface area contributed by atoms with Gasteiger partial charge in [0.1, 0.15) is 5.82 Å². The molecular formula is C26H31FN2O. The second-order valence-electron chi connectivity index (χ2n) is 8.57. The zero-order valence-electron chi connectivity index (χ0n) is 17.6. The second-order valence-corrected chi connectivity index (χ2v) is 8.57. The number of halogens is 1. The van der Waals surface area contributed by atoms with Crippen molar-refractivity contribution in [3.63, 3.8) is 0 Å². The van der Waals surface area contributed by atoms with Gasteiger partial charge in [0.15, 0.2) is 0 Å². The minimum absolute atomic E-state index is 0.0269. The molecule has 3 nitrogen and oxygen atoms in total. The van der Waals surface area contributed by atoms with Crippen molar-refractivity contribution in [2.75, 3.05) is 26.2 Å². The fourth-order valence-corrected chi connectivity index (χ4v) is 4.73. The van der Waals surface area contributed by atoms with Gasteiger partial charge in [0.25, 0.3) is 0 Å². The third-order valence-electron chi connectivity index (χ3n) is 6.46. The van der Waals surface area contributed by atoms with Gasteiger partial charge in [-0.2, -0.15) is 0 Å². The Bertz CT molecular complexity index is 841. The van der Waals surface area contributed by atoms with E-state index in [1.54, 1.807) is 0 Å². The van der Waals surface area contributed by atoms with E-state index in [0.29, 0.717) is 11.8 Å². The smallest absolute Gasteiger partial charge is 0.239 e. The van der Waals surface area contributed by atoms with Crippen LogP contribution in [0, 0.1) is 11.7 Å². The summed E-state index contributed by atoms with van der Waals surface area (Å²) in [5, 5.41) is 0. The first-order chi connectivity index (χ1) is 14.7. The van der Waals surface area contributed by atoms with Crippen molar-refractivity contribution >= 4 is 12.0 Å². The molecule has 0 aromatic heterocycles. The van der Waals surface area contributed by atoms with E-state index in [9.17, 15) is 9.18 Å². The molecule has 0 saturated carbocycles. The lowest BCUT2D eigenvalue weighted by atomic mass is 9.90. The van der Waals surface area contributed by atoms with Crippen LogP contribution in [-0.4, -0.2) is 47.9 Å². The molecule has 2 aliphatic heterocycles. The van der Waals surface area contributed by atoms with Gasteiger partial charge in [-0.1, -0.05) is 54.6 Å². The van der Waals surface area contributed by atoms with Crippen LogP contribution in [0.15, 0.2) is 60.7 Å². The van der Waals surface area contributed by atoms with Crippen molar-refractivity contribution in [2.45, 2.75) is 38.1 Å². The number of hydrogen-bond acceptors (Lipinski definition) is 2. The molecule has 2 aromatic carbocycles. The van der Waals surface area contributed by atoms with Crippen LogP contribution in [0.1, 0.15) is 36.8 Å². The molecule has 0 spiro atoms. The quantitative estimate of drug-likeness (QED) is 0.689. The van der Waals surface area contributed by atoms with Gasteiger partial charge in [-0.3, -0.25) is 9.69 Å². The van der Waals surface area contributed by atoms with Crippen LogP contribution in [0.4, 0.5) is 4.39 Å². The highest BCUT2D eigenvalue weighted by molar-refractivity contribution is 5.82. The van der Waals surface area contributed by atoms with Crippen molar-refractivity contribution in [3.05, 3.63) is 77.6 Å². The van der Waals surface area contributed by atoms with E-state index in [1.165, 1.54) is 23.3 Å². The van der Waals surface area contributed by atoms with Crippen molar-refractivity contribution in [3.8, 4) is 0 Å². The van der Waals surface area contributed by atoms with E-state index in [0.717, 1.165) is 58.3 Å². The van der Waals surface area contributed by atoms with Gasteiger partial charge in [0.05, 0.1) is 6.04 Å². The summed E-state index contributed by atoms with van der Waals surface area (Å²) in [6.45, 7) is 3.51. The molecule has 0 radical (unpaired) electrons. The third-order valence-corrected chi connectivity index (χ3v) is 6.46. The molecule has 158 valence electrons. The van der Waals surface area contributed by atoms with E-state index in [-0.39, 0.29) is 11.9 Å². The molecule has 1 atom stereocenters. The summed E-state index contributed by atoms with van der Waals surface area (Å²) < 4.78 is 13.1. The first-order valence-corrected chi connectivity index (χ1v) is 11.2. The molecule has 2 saturated heterocycles. The molecule has 2 aromatic rings. The predicted molar refractivity (Wildman–Crippen MR) is 119 cm³/mol. The van der Waals surface area contributed by atoms with Crippen LogP contribution in [0.5, 0.6) is 0 Å². The average Bonchev–Trinajstić information content (AvgIpc) is 3.25. The van der Waals surface area contributed by atoms with Crippen LogP contribution in [0.3, 0.4) is 0 Å². The normalized spacial score (nSPS) is 20.8. The molecule has 2 fully saturated rings. The van der Waals surface area contributed by atoms with Crippen molar-refractivity contribution < 1.29 is 9.18 Å². The summed E-state index contributed by atoms with van der Waals surface area (Å²) in [5.74, 6) is 0.702. The van der Waals surface area contributed by atoms with Gasteiger partial charge in [-0.25, -0.2) is 4.39 Å². The molecule has 2 heterocycles. The maximum Gasteiger partial charge on any atom is 0.239 e. The van der Waals surface area contributed by atoms with E-state index in [4.69, 9.17) is 0 Å². The van der Waals surface area contributed by atoms with E-state index >= 15 is 0 Å². The zero-order chi connectivity index (χ0) is 20.8. The number of piperidine rings is 1. The number of carbonyl (C=O) groups is 1. The molecule has 1 amide bonds. The molecule has 0 N–H and O–H groups in total. The molecule has 0 bridgehead atoms. The van der Waals surface area contributed by atoms with Gasteiger partial charge in [0.2, 0.25) is 5.91 Å². The summed E-state index contributed by atoms with van der Waals surface area (Å²) >= 11 is 0. The van der Waals surface area contributed by atoms with Crippen LogP contribution in [0.25, 0.3) is 6.08 Å². The SMILES string of the molecule is O=C([C@@H]1CCCN1C/C=C/c1ccccc1)N1CCC(Cc2ccc(F)cc2)CC1. The molecule has 2 aliphatic rings. The fourth-order valence-electron chi connectivity index (χ4n) is 4.73. The Hall–Kier alpha value is -2.46. The number of amides is 1. The summed E-state index contributed by atoms with van der Waals surface area (Å²) in [6.07, 6.45) is 9.41. The standard InChI is InChI=1S/C26H31FN2O/c27-24-12-10-22(11-13-24)20-23-14-18-29(19-15-23)26(30)25-9-5-17-28(25)16-4-8-21-6-2-1-3-7-21/h1-4,6-8,10-13,23,25H,5,9,14-20H2/b8-4+/t25-/m0/s1. The number of benzene rings is 2. The lowest BCUT2D eigenvalue weighted by Crippen LogP contribution is -2.48. The van der Waals surface area contributed by atoms with E-state index in [2.05, 4.69) is 34.1 Å². The highest BCUT2D eigenvalue weighted by Gasteiger charge is 2.34. The number of likely N-dealkylation sites (tertiary alicyclic amines) is 2. The van der Waals surface area contributed by atoms with Gasteiger partial charge < -0.3 is 4.90 Å². The van der Waals surface area contributed by atoms with Gasteiger partial charge >= 0.3 is 0 Å². The van der Waals surface area contributed by atoms with Gasteiger partial charge in [-0.15, -0.1) is 0 Å². The van der Waals surface area contributed by atoms with Crippen LogP contribution >= 0.6 is 0 Å². The summed E-state index contributed by atoms with van der Waals surface area (Å²) in [7, 11) is 0. The van der Waals surface area contributed by atoms with Crippen molar-refractivity contribution in [2.24, 2.45) is 5.92 Å². The second kappa shape index (κ2) is 10.0. The Morgan fingerprint density at radius 2 is 1.70 bits per heavy atom. The van der Waals surface area contributed by atoms with Crippen molar-refractivity contribution in [1.82, 2.24) is 9.80 Å². The van der Waals surface area contributed by atoms with Crippen LogP contribution in [0.2, 0.25) is 0 Å². The van der Waals surface area contributed by atoms with Crippen molar-refractivity contribution in [1.29, 1.82) is 0 Å². The molecule has 0 unspecified atom stereocenters. The minimum atomic E-state index is -0.182. The lowest BCUT2D eigenvalue weighted by molar-refractivity contribution is -0.137. The monoisotopic (exact) mass is 406 g/mol. The molecule has 30 heavy (non-hydrogen) atoms. The first-order valence-electron chi connectivity index (χ1n) is 11.2. The molecule has 0 aliphatic carbocycles. The lowest BCUT2D eigenvalue weighted by Gasteiger charge is -2.35. The highest BCUT2D eigenvalue weighted by atomic mass is 19.1. The Morgan fingerprint density at radius 3 is 2.43 bits per heavy atom. The Morgan fingerprint density at radius 1 is 0.967 bits per heavy atom. The first kappa shape index (κ1) is 20.8. The zero-order valence-corrected chi connectivity index (χ0v) is 17.6. The van der Waals surface area contributed by atoms with Crippen LogP contribution in [-0.2, 0) is 11.2 Å². The maximum absolute atomic E-state index is 13.2. The maximum atomic E-state index is 13.2. The average molecular weight is 407 g/mol. The van der Waals surface area contributed by atoms with E-state index in [1.807, 2.05) is 30.3 Å². The van der Waals surface area contributed by atoms with Gasteiger partial charge in [0, 0.05) is 19.6 Å². The predicted octanol–water partition coefficient (Wildman–Crippen LogP) is 4.78. The number of rotatable bonds is 6. The Kier molecular flexibility index (Phi) is 6.96. The summed E-state index contributed by atoms with van der Waals surface area (Å²) in [5.41, 5.74) is 2.39. The summed E-state index contributed by atoms with van der Waals surface area (Å²) in [6, 6.07) is 17.2. The topological polar surface area (TPSA) is 23.6 Å². The number of carbonyl (C=O) groups excluding carboxylic acids is 1. The van der Waals surface area contributed by atoms with E-state index < -0.39 is 0 Å². The number of nitrogens with zero attached hydrogens (tertiary/aromatic N) is 2. The summed E-state index contributed by atoms with van der Waals surface area (Å²) in [4.78, 5) is 17.6. The third kappa shape index (κ3) is 5.37. The minimum Gasteiger partial charge on any atom is -0.341 e. The number of hydrogen-bond donors (Lipinski definition) is 0. The highest BCUT2D eigenvalue weighted by Crippen LogP contribution is 2.25. The molecule has 4 heteroatoms. The molecular weight excluding hydrogens is 375 g/mol. The Balaban J connectivity index is 1.26. The Labute approximate surface area is 179 Å². The van der Waals surface area contributed by atoms with Crippen LogP contribution < -0.4 is 0 Å². The molecule has 4 rings (SSSR count).